The van der Waals surface area contributed by atoms with Gasteiger partial charge in [-0.1, -0.05) is 34.8 Å². The number of ether oxygens (including phenoxy) is 2. The molecule has 0 bridgehead atoms. The van der Waals surface area contributed by atoms with Gasteiger partial charge in [0.25, 0.3) is 5.91 Å². The second-order valence-corrected chi connectivity index (χ2v) is 5.19. The Balaban J connectivity index is 2.51. The molecule has 112 valence electrons. The van der Waals surface area contributed by atoms with Crippen molar-refractivity contribution in [2.75, 3.05) is 26.1 Å². The minimum atomic E-state index is -0.124. The van der Waals surface area contributed by atoms with E-state index in [4.69, 9.17) is 9.47 Å². The highest BCUT2D eigenvalue weighted by Crippen LogP contribution is 2.30. The third-order valence-corrected chi connectivity index (χ3v) is 3.55. The van der Waals surface area contributed by atoms with E-state index in [1.165, 1.54) is 20.0 Å². The van der Waals surface area contributed by atoms with Crippen molar-refractivity contribution in [2.45, 2.75) is 25.7 Å². The van der Waals surface area contributed by atoms with E-state index >= 15 is 0 Å². The molecule has 0 aromatic heterocycles. The molecule has 0 aliphatic carbocycles. The number of carbonyl (C=O) groups excluding carboxylic acids is 1. The zero-order chi connectivity index (χ0) is 14.8. The summed E-state index contributed by atoms with van der Waals surface area (Å²) < 4.78 is 10.4. The van der Waals surface area contributed by atoms with E-state index in [0.29, 0.717) is 23.6 Å². The molecule has 5 heteroatoms. The fourth-order valence-corrected chi connectivity index (χ4v) is 2.33. The van der Waals surface area contributed by atoms with Crippen LogP contribution in [-0.2, 0) is 0 Å². The zero-order valence-electron chi connectivity index (χ0n) is 12.1. The number of methoxy groups -OCH3 is 2. The Morgan fingerprint density at radius 1 is 1.15 bits per heavy atom. The molecule has 1 aromatic rings. The standard InChI is InChI=1S/C15H22BrNO3/c1-19-13-9-7-8-12(14(13)20-2)15(18)17-11-6-4-3-5-10-16/h7-9H,3-6,10-11H2,1-2H3,(H,17,18). The molecule has 0 aliphatic heterocycles. The quantitative estimate of drug-likeness (QED) is 0.552. The molecule has 0 saturated heterocycles. The minimum Gasteiger partial charge on any atom is -0.493 e. The van der Waals surface area contributed by atoms with Gasteiger partial charge in [0.15, 0.2) is 11.5 Å². The molecule has 1 aromatic carbocycles. The van der Waals surface area contributed by atoms with Gasteiger partial charge in [-0.2, -0.15) is 0 Å². The average Bonchev–Trinajstić information content (AvgIpc) is 2.49. The number of nitrogens with one attached hydrogen (secondary N) is 1. The van der Waals surface area contributed by atoms with E-state index in [-0.39, 0.29) is 5.91 Å². The molecule has 1 rings (SSSR count). The van der Waals surface area contributed by atoms with Crippen molar-refractivity contribution >= 4 is 21.8 Å². The molecule has 0 unspecified atom stereocenters. The Kier molecular flexibility index (Phi) is 8.11. The second-order valence-electron chi connectivity index (χ2n) is 4.40. The molecule has 4 nitrogen and oxygen atoms in total. The molecule has 20 heavy (non-hydrogen) atoms. The lowest BCUT2D eigenvalue weighted by Crippen LogP contribution is -2.25. The van der Waals surface area contributed by atoms with Crippen LogP contribution in [0.25, 0.3) is 0 Å². The first-order chi connectivity index (χ1) is 9.74. The van der Waals surface area contributed by atoms with E-state index in [0.717, 1.165) is 18.2 Å². The van der Waals surface area contributed by atoms with Crippen LogP contribution in [0.4, 0.5) is 0 Å². The normalized spacial score (nSPS) is 10.2. The van der Waals surface area contributed by atoms with Crippen molar-refractivity contribution < 1.29 is 14.3 Å². The van der Waals surface area contributed by atoms with E-state index in [9.17, 15) is 4.79 Å². The van der Waals surface area contributed by atoms with Gasteiger partial charge in [-0.25, -0.2) is 0 Å². The predicted molar refractivity (Wildman–Crippen MR) is 84.1 cm³/mol. The van der Waals surface area contributed by atoms with Crippen molar-refractivity contribution in [1.29, 1.82) is 0 Å². The number of benzene rings is 1. The van der Waals surface area contributed by atoms with Crippen molar-refractivity contribution in [3.8, 4) is 11.5 Å². The molecule has 0 fully saturated rings. The van der Waals surface area contributed by atoms with E-state index in [2.05, 4.69) is 21.2 Å². The van der Waals surface area contributed by atoms with Crippen LogP contribution in [0.3, 0.4) is 0 Å². The third-order valence-electron chi connectivity index (χ3n) is 2.99. The lowest BCUT2D eigenvalue weighted by Gasteiger charge is -2.12. The van der Waals surface area contributed by atoms with E-state index in [1.807, 2.05) is 0 Å². The number of alkyl halides is 1. The Morgan fingerprint density at radius 3 is 2.55 bits per heavy atom. The predicted octanol–water partition coefficient (Wildman–Crippen LogP) is 3.39. The highest BCUT2D eigenvalue weighted by atomic mass is 79.9. The number of halogens is 1. The zero-order valence-corrected chi connectivity index (χ0v) is 13.7. The summed E-state index contributed by atoms with van der Waals surface area (Å²) in [6.45, 7) is 0.682. The number of rotatable bonds is 9. The molecule has 0 saturated carbocycles. The van der Waals surface area contributed by atoms with Gasteiger partial charge >= 0.3 is 0 Å². The van der Waals surface area contributed by atoms with Gasteiger partial charge < -0.3 is 14.8 Å². The van der Waals surface area contributed by atoms with Crippen molar-refractivity contribution in [3.63, 3.8) is 0 Å². The third kappa shape index (κ3) is 5.04. The van der Waals surface area contributed by atoms with Crippen LogP contribution in [0, 0.1) is 0 Å². The van der Waals surface area contributed by atoms with Gasteiger partial charge in [-0.3, -0.25) is 4.79 Å². The summed E-state index contributed by atoms with van der Waals surface area (Å²) in [7, 11) is 3.10. The summed E-state index contributed by atoms with van der Waals surface area (Å²) in [4.78, 5) is 12.1. The maximum atomic E-state index is 12.1. The lowest BCUT2D eigenvalue weighted by atomic mass is 10.1. The van der Waals surface area contributed by atoms with Gasteiger partial charge in [0.1, 0.15) is 0 Å². The van der Waals surface area contributed by atoms with Crippen molar-refractivity contribution in [1.82, 2.24) is 5.32 Å². The van der Waals surface area contributed by atoms with Gasteiger partial charge in [-0.05, 0) is 25.0 Å². The van der Waals surface area contributed by atoms with E-state index < -0.39 is 0 Å². The highest BCUT2D eigenvalue weighted by molar-refractivity contribution is 9.09. The van der Waals surface area contributed by atoms with Crippen LogP contribution in [0.2, 0.25) is 0 Å². The molecule has 0 aliphatic rings. The van der Waals surface area contributed by atoms with Gasteiger partial charge in [-0.15, -0.1) is 0 Å². The van der Waals surface area contributed by atoms with Crippen LogP contribution in [-0.4, -0.2) is 32.0 Å². The fraction of sp³-hybridized carbons (Fsp3) is 0.533. The lowest BCUT2D eigenvalue weighted by molar-refractivity contribution is 0.0949. The minimum absolute atomic E-state index is 0.124. The molecule has 1 amide bonds. The van der Waals surface area contributed by atoms with Crippen molar-refractivity contribution in [3.05, 3.63) is 23.8 Å². The Morgan fingerprint density at radius 2 is 1.90 bits per heavy atom. The number of hydrogen-bond donors (Lipinski definition) is 1. The fourth-order valence-electron chi connectivity index (χ4n) is 1.94. The summed E-state index contributed by atoms with van der Waals surface area (Å²) >= 11 is 3.41. The van der Waals surface area contributed by atoms with Crippen LogP contribution >= 0.6 is 15.9 Å². The van der Waals surface area contributed by atoms with Crippen LogP contribution in [0.1, 0.15) is 36.0 Å². The molecular weight excluding hydrogens is 322 g/mol. The number of unbranched alkanes of at least 4 members (excludes halogenated alkanes) is 3. The van der Waals surface area contributed by atoms with E-state index in [1.54, 1.807) is 25.3 Å². The summed E-state index contributed by atoms with van der Waals surface area (Å²) in [5, 5.41) is 3.96. The number of carbonyl (C=O) groups is 1. The number of amides is 1. The molecule has 0 atom stereocenters. The number of hydrogen-bond acceptors (Lipinski definition) is 3. The van der Waals surface area contributed by atoms with Crippen molar-refractivity contribution in [2.24, 2.45) is 0 Å². The molecule has 0 heterocycles. The van der Waals surface area contributed by atoms with Gasteiger partial charge in [0, 0.05) is 11.9 Å². The second kappa shape index (κ2) is 9.64. The Labute approximate surface area is 129 Å². The smallest absolute Gasteiger partial charge is 0.255 e. The van der Waals surface area contributed by atoms with Gasteiger partial charge in [0.05, 0.1) is 19.8 Å². The SMILES string of the molecule is COc1cccc(C(=O)NCCCCCCBr)c1OC. The summed E-state index contributed by atoms with van der Waals surface area (Å²) in [5.74, 6) is 0.922. The largest absolute Gasteiger partial charge is 0.493 e. The first kappa shape index (κ1) is 16.8. The monoisotopic (exact) mass is 343 g/mol. The van der Waals surface area contributed by atoms with Crippen LogP contribution in [0.15, 0.2) is 18.2 Å². The summed E-state index contributed by atoms with van der Waals surface area (Å²) in [5.41, 5.74) is 0.507. The summed E-state index contributed by atoms with van der Waals surface area (Å²) in [6.07, 6.45) is 4.48. The maximum Gasteiger partial charge on any atom is 0.255 e. The first-order valence-electron chi connectivity index (χ1n) is 6.79. The molecule has 1 N–H and O–H groups in total. The Bertz CT molecular complexity index is 424. The van der Waals surface area contributed by atoms with Gasteiger partial charge in [0.2, 0.25) is 0 Å². The molecular formula is C15H22BrNO3. The highest BCUT2D eigenvalue weighted by Gasteiger charge is 2.15. The molecule has 0 radical (unpaired) electrons. The maximum absolute atomic E-state index is 12.1. The molecule has 0 spiro atoms. The van der Waals surface area contributed by atoms with Crippen LogP contribution in [0.5, 0.6) is 11.5 Å². The number of para-hydroxylation sites is 1. The average molecular weight is 344 g/mol. The Hall–Kier alpha value is -1.23. The first-order valence-corrected chi connectivity index (χ1v) is 7.92. The topological polar surface area (TPSA) is 47.6 Å². The summed E-state index contributed by atoms with van der Waals surface area (Å²) in [6, 6.07) is 5.30. The van der Waals surface area contributed by atoms with Crippen LogP contribution < -0.4 is 14.8 Å².